The number of nitrogens with zero attached hydrogens (tertiary/aromatic N) is 2. The van der Waals surface area contributed by atoms with Crippen molar-refractivity contribution in [3.8, 4) is 0 Å². The second-order valence-corrected chi connectivity index (χ2v) is 5.02. The number of thioether (sulfide) groups is 1. The molecule has 0 saturated carbocycles. The van der Waals surface area contributed by atoms with Crippen molar-refractivity contribution >= 4 is 11.8 Å². The Morgan fingerprint density at radius 2 is 2.27 bits per heavy atom. The minimum Gasteiger partial charge on any atom is -0.314 e. The maximum absolute atomic E-state index is 4.43. The number of piperazine rings is 1. The van der Waals surface area contributed by atoms with Gasteiger partial charge in [-0.25, -0.2) is 4.98 Å². The number of rotatable bonds is 1. The first kappa shape index (κ1) is 9.63. The number of pyridine rings is 1. The van der Waals surface area contributed by atoms with E-state index >= 15 is 0 Å². The Balaban J connectivity index is 1.83. The van der Waals surface area contributed by atoms with Crippen molar-refractivity contribution in [2.24, 2.45) is 0 Å². The normalized spacial score (nSPS) is 26.5. The van der Waals surface area contributed by atoms with Gasteiger partial charge in [-0.3, -0.25) is 4.90 Å². The average molecular weight is 221 g/mol. The van der Waals surface area contributed by atoms with E-state index in [1.807, 2.05) is 18.0 Å². The lowest BCUT2D eigenvalue weighted by Gasteiger charge is -2.32. The number of fused-ring (bicyclic) bond motifs is 1. The van der Waals surface area contributed by atoms with E-state index in [4.69, 9.17) is 0 Å². The lowest BCUT2D eigenvalue weighted by molar-refractivity contribution is 0.189. The highest BCUT2D eigenvalue weighted by Gasteiger charge is 2.29. The van der Waals surface area contributed by atoms with Crippen LogP contribution in [0.15, 0.2) is 23.4 Å². The van der Waals surface area contributed by atoms with Crippen LogP contribution in [-0.2, 0) is 0 Å². The van der Waals surface area contributed by atoms with Crippen molar-refractivity contribution < 1.29 is 0 Å². The molecule has 0 bridgehead atoms. The second-order valence-electron chi connectivity index (χ2n) is 4.01. The summed E-state index contributed by atoms with van der Waals surface area (Å²) in [4.78, 5) is 7.01. The fourth-order valence-corrected chi connectivity index (χ4v) is 3.53. The molecule has 3 nitrogen and oxygen atoms in total. The summed E-state index contributed by atoms with van der Waals surface area (Å²) in [7, 11) is 0. The van der Waals surface area contributed by atoms with Crippen LogP contribution >= 0.6 is 11.8 Å². The zero-order valence-corrected chi connectivity index (χ0v) is 9.46. The molecule has 0 aliphatic carbocycles. The highest BCUT2D eigenvalue weighted by Crippen LogP contribution is 2.39. The van der Waals surface area contributed by atoms with Gasteiger partial charge in [0.2, 0.25) is 0 Å². The fraction of sp³-hybridized carbons (Fsp3) is 0.545. The fourth-order valence-electron chi connectivity index (χ4n) is 2.32. The van der Waals surface area contributed by atoms with Crippen LogP contribution < -0.4 is 5.32 Å². The van der Waals surface area contributed by atoms with Gasteiger partial charge >= 0.3 is 0 Å². The number of nitrogens with one attached hydrogen (secondary N) is 1. The summed E-state index contributed by atoms with van der Waals surface area (Å²) in [6.07, 6.45) is 1.89. The first-order valence-electron chi connectivity index (χ1n) is 5.47. The number of hydrogen-bond donors (Lipinski definition) is 1. The largest absolute Gasteiger partial charge is 0.314 e. The van der Waals surface area contributed by atoms with E-state index < -0.39 is 0 Å². The van der Waals surface area contributed by atoms with Gasteiger partial charge in [-0.1, -0.05) is 6.07 Å². The van der Waals surface area contributed by atoms with Crippen LogP contribution in [0, 0.1) is 0 Å². The second kappa shape index (κ2) is 4.12. The Bertz CT molecular complexity index is 349. The Kier molecular flexibility index (Phi) is 2.64. The predicted molar refractivity (Wildman–Crippen MR) is 62.1 cm³/mol. The van der Waals surface area contributed by atoms with E-state index in [1.165, 1.54) is 29.4 Å². The third-order valence-electron chi connectivity index (χ3n) is 3.13. The Hall–Kier alpha value is -0.580. The van der Waals surface area contributed by atoms with Gasteiger partial charge in [0.05, 0.1) is 0 Å². The molecule has 1 fully saturated rings. The van der Waals surface area contributed by atoms with Gasteiger partial charge in [-0.15, -0.1) is 11.8 Å². The van der Waals surface area contributed by atoms with Crippen LogP contribution in [0.4, 0.5) is 0 Å². The monoisotopic (exact) mass is 221 g/mol. The van der Waals surface area contributed by atoms with Crippen molar-refractivity contribution in [3.63, 3.8) is 0 Å². The molecule has 1 aromatic heterocycles. The smallest absolute Gasteiger partial charge is 0.101 e. The van der Waals surface area contributed by atoms with Crippen molar-refractivity contribution in [1.82, 2.24) is 15.2 Å². The first-order valence-corrected chi connectivity index (χ1v) is 6.46. The zero-order valence-electron chi connectivity index (χ0n) is 8.65. The summed E-state index contributed by atoms with van der Waals surface area (Å²) in [5, 5.41) is 4.64. The molecule has 1 saturated heterocycles. The molecule has 1 aromatic rings. The lowest BCUT2D eigenvalue weighted by atomic mass is 10.1. The first-order chi connectivity index (χ1) is 7.45. The van der Waals surface area contributed by atoms with E-state index in [2.05, 4.69) is 27.3 Å². The summed E-state index contributed by atoms with van der Waals surface area (Å²) in [6.45, 7) is 4.58. The predicted octanol–water partition coefficient (Wildman–Crippen LogP) is 1.13. The summed E-state index contributed by atoms with van der Waals surface area (Å²) in [5.41, 5.74) is 1.43. The SMILES string of the molecule is c1cnc2c(c1)C(N1CCNCC1)CS2. The third-order valence-corrected chi connectivity index (χ3v) is 4.23. The maximum Gasteiger partial charge on any atom is 0.101 e. The highest BCUT2D eigenvalue weighted by molar-refractivity contribution is 7.99. The Morgan fingerprint density at radius 3 is 3.13 bits per heavy atom. The molecule has 1 unspecified atom stereocenters. The average Bonchev–Trinajstić information content (AvgIpc) is 2.74. The van der Waals surface area contributed by atoms with Crippen molar-refractivity contribution in [3.05, 3.63) is 23.9 Å². The molecule has 4 heteroatoms. The van der Waals surface area contributed by atoms with Crippen LogP contribution in [0.2, 0.25) is 0 Å². The van der Waals surface area contributed by atoms with Gasteiger partial charge in [-0.2, -0.15) is 0 Å². The van der Waals surface area contributed by atoms with Crippen LogP contribution in [-0.4, -0.2) is 41.8 Å². The van der Waals surface area contributed by atoms with Crippen LogP contribution in [0.3, 0.4) is 0 Å². The van der Waals surface area contributed by atoms with Gasteiger partial charge in [0, 0.05) is 49.7 Å². The summed E-state index contributed by atoms with van der Waals surface area (Å²) >= 11 is 1.90. The number of hydrogen-bond acceptors (Lipinski definition) is 4. The van der Waals surface area contributed by atoms with Gasteiger partial charge in [0.15, 0.2) is 0 Å². The molecule has 0 radical (unpaired) electrons. The topological polar surface area (TPSA) is 28.2 Å². The van der Waals surface area contributed by atoms with Gasteiger partial charge in [0.25, 0.3) is 0 Å². The molecular weight excluding hydrogens is 206 g/mol. The molecule has 0 spiro atoms. The van der Waals surface area contributed by atoms with Crippen LogP contribution in [0.1, 0.15) is 11.6 Å². The Labute approximate surface area is 94.3 Å². The molecule has 3 rings (SSSR count). The third kappa shape index (κ3) is 1.77. The van der Waals surface area contributed by atoms with E-state index in [0.29, 0.717) is 6.04 Å². The quantitative estimate of drug-likeness (QED) is 0.769. The van der Waals surface area contributed by atoms with Gasteiger partial charge < -0.3 is 5.32 Å². The van der Waals surface area contributed by atoms with Crippen LogP contribution in [0.25, 0.3) is 0 Å². The molecule has 15 heavy (non-hydrogen) atoms. The minimum absolute atomic E-state index is 0.598. The number of aromatic nitrogens is 1. The zero-order chi connectivity index (χ0) is 10.1. The summed E-state index contributed by atoms with van der Waals surface area (Å²) < 4.78 is 0. The minimum atomic E-state index is 0.598. The molecule has 0 aromatic carbocycles. The molecule has 2 aliphatic rings. The summed E-state index contributed by atoms with van der Waals surface area (Å²) in [6, 6.07) is 4.88. The van der Waals surface area contributed by atoms with Gasteiger partial charge in [-0.05, 0) is 6.07 Å². The molecular formula is C11H15N3S. The van der Waals surface area contributed by atoms with E-state index in [0.717, 1.165) is 13.1 Å². The lowest BCUT2D eigenvalue weighted by Crippen LogP contribution is -2.45. The molecule has 1 N–H and O–H groups in total. The standard InChI is InChI=1S/C11H15N3S/c1-2-9-10(8-15-11(9)13-3-1)14-6-4-12-5-7-14/h1-3,10,12H,4-8H2. The summed E-state index contributed by atoms with van der Waals surface area (Å²) in [5.74, 6) is 1.17. The van der Waals surface area contributed by atoms with Crippen molar-refractivity contribution in [2.45, 2.75) is 11.1 Å². The van der Waals surface area contributed by atoms with Crippen LogP contribution in [0.5, 0.6) is 0 Å². The molecule has 0 amide bonds. The molecule has 1 atom stereocenters. The van der Waals surface area contributed by atoms with Gasteiger partial charge in [0.1, 0.15) is 5.03 Å². The van der Waals surface area contributed by atoms with Crippen molar-refractivity contribution in [1.29, 1.82) is 0 Å². The van der Waals surface area contributed by atoms with E-state index in [1.54, 1.807) is 0 Å². The molecule has 2 aliphatic heterocycles. The molecule has 3 heterocycles. The highest BCUT2D eigenvalue weighted by atomic mass is 32.2. The Morgan fingerprint density at radius 1 is 1.40 bits per heavy atom. The molecule has 80 valence electrons. The van der Waals surface area contributed by atoms with E-state index in [9.17, 15) is 0 Å². The maximum atomic E-state index is 4.43. The van der Waals surface area contributed by atoms with Crippen molar-refractivity contribution in [2.75, 3.05) is 31.9 Å². The van der Waals surface area contributed by atoms with E-state index in [-0.39, 0.29) is 0 Å².